The minimum atomic E-state index is -0.251. The van der Waals surface area contributed by atoms with Crippen LogP contribution in [0.25, 0.3) is 10.4 Å². The molecule has 2 aromatic carbocycles. The average molecular weight is 471 g/mol. The van der Waals surface area contributed by atoms with E-state index in [2.05, 4.69) is 15.6 Å². The molecule has 0 bridgehead atoms. The molecule has 0 saturated carbocycles. The van der Waals surface area contributed by atoms with Crippen molar-refractivity contribution in [1.82, 2.24) is 4.98 Å². The third-order valence-electron chi connectivity index (χ3n) is 5.49. The van der Waals surface area contributed by atoms with Gasteiger partial charge in [-0.1, -0.05) is 25.1 Å². The number of carbonyl (C=O) groups is 2. The van der Waals surface area contributed by atoms with E-state index in [0.717, 1.165) is 27.3 Å². The van der Waals surface area contributed by atoms with Crippen LogP contribution in [0.5, 0.6) is 0 Å². The number of pyridine rings is 1. The van der Waals surface area contributed by atoms with Crippen LogP contribution in [0.4, 0.5) is 17.1 Å². The lowest BCUT2D eigenvalue weighted by molar-refractivity contribution is -0.116. The number of rotatable bonds is 8. The summed E-state index contributed by atoms with van der Waals surface area (Å²) in [7, 11) is 0. The lowest BCUT2D eigenvalue weighted by Gasteiger charge is -2.13. The molecule has 0 aliphatic rings. The van der Waals surface area contributed by atoms with Crippen molar-refractivity contribution in [1.29, 1.82) is 0 Å². The Morgan fingerprint density at radius 3 is 2.62 bits per heavy atom. The maximum atomic E-state index is 13.0. The predicted octanol–water partition coefficient (Wildman–Crippen LogP) is 5.78. The van der Waals surface area contributed by atoms with Gasteiger partial charge in [-0.2, -0.15) is 0 Å². The van der Waals surface area contributed by atoms with Gasteiger partial charge in [-0.15, -0.1) is 11.3 Å². The minimum Gasteiger partial charge on any atom is -0.397 e. The van der Waals surface area contributed by atoms with Crippen molar-refractivity contribution in [3.05, 3.63) is 95.1 Å². The Kier molecular flexibility index (Phi) is 7.34. The number of anilines is 3. The number of hydrogen-bond acceptors (Lipinski definition) is 5. The van der Waals surface area contributed by atoms with Gasteiger partial charge in [-0.05, 0) is 77.4 Å². The number of aromatic nitrogens is 1. The fraction of sp³-hybridized carbons (Fsp3) is 0.148. The highest BCUT2D eigenvalue weighted by atomic mass is 32.1. The highest BCUT2D eigenvalue weighted by molar-refractivity contribution is 7.13. The Morgan fingerprint density at radius 1 is 1.00 bits per heavy atom. The number of amides is 2. The summed E-state index contributed by atoms with van der Waals surface area (Å²) in [6, 6.07) is 18.8. The smallest absolute Gasteiger partial charge is 0.255 e. The summed E-state index contributed by atoms with van der Waals surface area (Å²) in [6.07, 6.45) is 5.13. The number of nitrogens with one attached hydrogen (secondary N) is 2. The largest absolute Gasteiger partial charge is 0.397 e. The van der Waals surface area contributed by atoms with Crippen LogP contribution in [0.15, 0.2) is 78.4 Å². The van der Waals surface area contributed by atoms with Crippen molar-refractivity contribution in [3.63, 3.8) is 0 Å². The van der Waals surface area contributed by atoms with Gasteiger partial charge in [0.2, 0.25) is 5.91 Å². The number of benzene rings is 2. The van der Waals surface area contributed by atoms with E-state index in [4.69, 9.17) is 5.73 Å². The normalized spacial score (nSPS) is 10.6. The van der Waals surface area contributed by atoms with Gasteiger partial charge in [0.1, 0.15) is 0 Å². The van der Waals surface area contributed by atoms with Gasteiger partial charge < -0.3 is 16.4 Å². The van der Waals surface area contributed by atoms with E-state index >= 15 is 0 Å². The van der Waals surface area contributed by atoms with Crippen LogP contribution < -0.4 is 16.4 Å². The van der Waals surface area contributed by atoms with Crippen molar-refractivity contribution in [3.8, 4) is 10.4 Å². The van der Waals surface area contributed by atoms with Gasteiger partial charge in [0, 0.05) is 34.9 Å². The van der Waals surface area contributed by atoms with Crippen LogP contribution in [0.1, 0.15) is 34.8 Å². The van der Waals surface area contributed by atoms with Crippen molar-refractivity contribution >= 4 is 40.2 Å². The van der Waals surface area contributed by atoms with Gasteiger partial charge in [0.25, 0.3) is 5.91 Å². The summed E-state index contributed by atoms with van der Waals surface area (Å²) >= 11 is 1.63. The van der Waals surface area contributed by atoms with Crippen molar-refractivity contribution in [2.24, 2.45) is 0 Å². The molecule has 0 fully saturated rings. The first-order valence-corrected chi connectivity index (χ1v) is 12.0. The number of thiophene rings is 1. The molecule has 4 aromatic rings. The lowest BCUT2D eigenvalue weighted by Crippen LogP contribution is -2.16. The van der Waals surface area contributed by atoms with Gasteiger partial charge in [-0.3, -0.25) is 14.6 Å². The molecule has 0 aliphatic carbocycles. The van der Waals surface area contributed by atoms with Crippen LogP contribution in [0, 0.1) is 0 Å². The molecule has 0 atom stereocenters. The summed E-state index contributed by atoms with van der Waals surface area (Å²) in [5, 5.41) is 7.91. The maximum Gasteiger partial charge on any atom is 0.255 e. The minimum absolute atomic E-state index is 0.0751. The molecule has 0 unspecified atom stereocenters. The van der Waals surface area contributed by atoms with E-state index in [1.165, 1.54) is 0 Å². The summed E-state index contributed by atoms with van der Waals surface area (Å²) < 4.78 is 0. The number of hydrogen-bond donors (Lipinski definition) is 3. The summed E-state index contributed by atoms with van der Waals surface area (Å²) in [5.74, 6) is -0.326. The van der Waals surface area contributed by atoms with Crippen LogP contribution in [0.3, 0.4) is 0 Å². The van der Waals surface area contributed by atoms with Gasteiger partial charge in [0.15, 0.2) is 0 Å². The van der Waals surface area contributed by atoms with E-state index < -0.39 is 0 Å². The monoisotopic (exact) mass is 470 g/mol. The summed E-state index contributed by atoms with van der Waals surface area (Å²) in [4.78, 5) is 30.6. The molecule has 0 radical (unpaired) electrons. The summed E-state index contributed by atoms with van der Waals surface area (Å²) in [6.45, 7) is 1.99. The Balaban J connectivity index is 1.44. The standard InChI is InChI=1S/C27H26N4O2S/c1-2-19-15-21(9-11-23(19)30-26(32)12-7-18-5-3-13-29-17-18)27(33)31-24-16-20(8-10-22(24)28)25-6-4-14-34-25/h3-6,8-11,13-17H,2,7,12,28H2,1H3,(H,30,32)(H,31,33). The molecule has 4 N–H and O–H groups in total. The Bertz CT molecular complexity index is 1290. The molecule has 0 spiro atoms. The van der Waals surface area contributed by atoms with Gasteiger partial charge >= 0.3 is 0 Å². The first kappa shape index (κ1) is 23.2. The zero-order chi connectivity index (χ0) is 23.9. The first-order chi connectivity index (χ1) is 16.5. The number of nitrogens with two attached hydrogens (primary N) is 1. The van der Waals surface area contributed by atoms with E-state index in [-0.39, 0.29) is 11.8 Å². The van der Waals surface area contributed by atoms with Crippen molar-refractivity contribution in [2.75, 3.05) is 16.4 Å². The second-order valence-electron chi connectivity index (χ2n) is 7.87. The molecule has 2 heterocycles. The second kappa shape index (κ2) is 10.8. The van der Waals surface area contributed by atoms with Gasteiger partial charge in [0.05, 0.1) is 11.4 Å². The highest BCUT2D eigenvalue weighted by Gasteiger charge is 2.13. The molecule has 4 rings (SSSR count). The molecule has 172 valence electrons. The van der Waals surface area contributed by atoms with Crippen LogP contribution in [-0.4, -0.2) is 16.8 Å². The topological polar surface area (TPSA) is 97.1 Å². The van der Waals surface area contributed by atoms with E-state index in [1.54, 1.807) is 41.9 Å². The van der Waals surface area contributed by atoms with Crippen molar-refractivity contribution in [2.45, 2.75) is 26.2 Å². The predicted molar refractivity (Wildman–Crippen MR) is 139 cm³/mol. The fourth-order valence-corrected chi connectivity index (χ4v) is 4.35. The molecular formula is C27H26N4O2S. The third-order valence-corrected chi connectivity index (χ3v) is 6.41. The SMILES string of the molecule is CCc1cc(C(=O)Nc2cc(-c3cccs3)ccc2N)ccc1NC(=O)CCc1cccnc1. The van der Waals surface area contributed by atoms with E-state index in [0.29, 0.717) is 36.2 Å². The average Bonchev–Trinajstić information content (AvgIpc) is 3.40. The Hall–Kier alpha value is -3.97. The van der Waals surface area contributed by atoms with E-state index in [9.17, 15) is 9.59 Å². The number of aryl methyl sites for hydroxylation is 2. The zero-order valence-electron chi connectivity index (χ0n) is 18.9. The quantitative estimate of drug-likeness (QED) is 0.284. The molecule has 34 heavy (non-hydrogen) atoms. The third kappa shape index (κ3) is 5.68. The lowest BCUT2D eigenvalue weighted by atomic mass is 10.0. The molecule has 0 saturated heterocycles. The molecule has 7 heteroatoms. The summed E-state index contributed by atoms with van der Waals surface area (Å²) in [5.41, 5.74) is 11.3. The molecular weight excluding hydrogens is 444 g/mol. The molecule has 6 nitrogen and oxygen atoms in total. The maximum absolute atomic E-state index is 13.0. The van der Waals surface area contributed by atoms with Crippen LogP contribution in [-0.2, 0) is 17.6 Å². The highest BCUT2D eigenvalue weighted by Crippen LogP contribution is 2.30. The molecule has 2 amide bonds. The van der Waals surface area contributed by atoms with Crippen LogP contribution in [0.2, 0.25) is 0 Å². The number of nitrogen functional groups attached to an aromatic ring is 1. The van der Waals surface area contributed by atoms with E-state index in [1.807, 2.05) is 54.8 Å². The van der Waals surface area contributed by atoms with Gasteiger partial charge in [-0.25, -0.2) is 0 Å². The number of nitrogens with zero attached hydrogens (tertiary/aromatic N) is 1. The fourth-order valence-electron chi connectivity index (χ4n) is 3.62. The van der Waals surface area contributed by atoms with Crippen molar-refractivity contribution < 1.29 is 9.59 Å². The zero-order valence-corrected chi connectivity index (χ0v) is 19.7. The van der Waals surface area contributed by atoms with Crippen LogP contribution >= 0.6 is 11.3 Å². The second-order valence-corrected chi connectivity index (χ2v) is 8.82. The Morgan fingerprint density at radius 2 is 1.88 bits per heavy atom. The molecule has 2 aromatic heterocycles. The first-order valence-electron chi connectivity index (χ1n) is 11.1. The Labute approximate surface area is 202 Å². The number of carbonyl (C=O) groups excluding carboxylic acids is 2. The molecule has 0 aliphatic heterocycles.